The summed E-state index contributed by atoms with van der Waals surface area (Å²) in [6.07, 6.45) is 2.11. The minimum absolute atomic E-state index is 0.0230. The van der Waals surface area contributed by atoms with Crippen LogP contribution in [0, 0.1) is 0 Å². The molecule has 0 aliphatic carbocycles. The Bertz CT molecular complexity index is 484. The van der Waals surface area contributed by atoms with E-state index in [-0.39, 0.29) is 24.2 Å². The van der Waals surface area contributed by atoms with E-state index < -0.39 is 0 Å². The molecule has 0 spiro atoms. The van der Waals surface area contributed by atoms with Gasteiger partial charge in [0.15, 0.2) is 0 Å². The van der Waals surface area contributed by atoms with Crippen LogP contribution < -0.4 is 5.32 Å². The lowest BCUT2D eigenvalue weighted by atomic mass is 9.99. The summed E-state index contributed by atoms with van der Waals surface area (Å²) < 4.78 is 5.36. The Hall–Kier alpha value is -1.59. The molecule has 2 atom stereocenters. The zero-order chi connectivity index (χ0) is 16.8. The van der Waals surface area contributed by atoms with Gasteiger partial charge in [-0.2, -0.15) is 0 Å². The third kappa shape index (κ3) is 4.69. The predicted molar refractivity (Wildman–Crippen MR) is 92.5 cm³/mol. The molecule has 1 aromatic carbocycles. The number of nitrogens with zero attached hydrogens (tertiary/aromatic N) is 2. The monoisotopic (exact) mass is 319 g/mol. The first-order valence-electron chi connectivity index (χ1n) is 8.32. The standard InChI is InChI=1S/C18H29N3O2/c1-14(17(20(2)3)15-8-6-5-7-9-15)19-18(22)21-12-10-16(23-4)11-13-21/h5-9,14,16-17H,10-13H2,1-4H3,(H,19,22)/t14-,17-/m0/s1. The summed E-state index contributed by atoms with van der Waals surface area (Å²) in [5.74, 6) is 0. The molecule has 1 saturated heterocycles. The minimum Gasteiger partial charge on any atom is -0.381 e. The zero-order valence-electron chi connectivity index (χ0n) is 14.7. The Morgan fingerprint density at radius 3 is 2.39 bits per heavy atom. The van der Waals surface area contributed by atoms with Crippen molar-refractivity contribution in [2.24, 2.45) is 0 Å². The molecule has 1 heterocycles. The van der Waals surface area contributed by atoms with Crippen molar-refractivity contribution < 1.29 is 9.53 Å². The maximum Gasteiger partial charge on any atom is 0.317 e. The van der Waals surface area contributed by atoms with Crippen LogP contribution >= 0.6 is 0 Å². The van der Waals surface area contributed by atoms with Crippen molar-refractivity contribution in [2.45, 2.75) is 38.0 Å². The summed E-state index contributed by atoms with van der Waals surface area (Å²) in [6, 6.07) is 10.5. The van der Waals surface area contributed by atoms with Crippen LogP contribution in [0.5, 0.6) is 0 Å². The number of hydrogen-bond acceptors (Lipinski definition) is 3. The first-order valence-corrected chi connectivity index (χ1v) is 8.32. The van der Waals surface area contributed by atoms with Crippen LogP contribution in [-0.4, -0.2) is 62.3 Å². The Labute approximate surface area is 139 Å². The Balaban J connectivity index is 1.96. The summed E-state index contributed by atoms with van der Waals surface area (Å²) in [6.45, 7) is 3.58. The van der Waals surface area contributed by atoms with Gasteiger partial charge in [0, 0.05) is 26.2 Å². The summed E-state index contributed by atoms with van der Waals surface area (Å²) in [5.41, 5.74) is 1.21. The number of piperidine rings is 1. The number of rotatable bonds is 5. The van der Waals surface area contributed by atoms with Gasteiger partial charge >= 0.3 is 6.03 Å². The number of hydrogen-bond donors (Lipinski definition) is 1. The quantitative estimate of drug-likeness (QED) is 0.907. The van der Waals surface area contributed by atoms with Crippen molar-refractivity contribution in [1.29, 1.82) is 0 Å². The van der Waals surface area contributed by atoms with Gasteiger partial charge in [-0.05, 0) is 39.4 Å². The molecule has 23 heavy (non-hydrogen) atoms. The second-order valence-electron chi connectivity index (χ2n) is 6.48. The number of amides is 2. The van der Waals surface area contributed by atoms with E-state index in [9.17, 15) is 4.79 Å². The first-order chi connectivity index (χ1) is 11.0. The number of urea groups is 1. The van der Waals surface area contributed by atoms with Gasteiger partial charge in [-0.3, -0.25) is 0 Å². The SMILES string of the molecule is COC1CCN(C(=O)N[C@@H](C)[C@@H](c2ccccc2)N(C)C)CC1. The molecule has 1 aliphatic heterocycles. The molecule has 128 valence electrons. The molecule has 1 N–H and O–H groups in total. The van der Waals surface area contributed by atoms with Crippen LogP contribution in [-0.2, 0) is 4.74 Å². The lowest BCUT2D eigenvalue weighted by Crippen LogP contribution is -2.50. The molecule has 0 radical (unpaired) electrons. The van der Waals surface area contributed by atoms with Crippen molar-refractivity contribution in [3.8, 4) is 0 Å². The highest BCUT2D eigenvalue weighted by atomic mass is 16.5. The van der Waals surface area contributed by atoms with E-state index in [0.29, 0.717) is 0 Å². The summed E-state index contributed by atoms with van der Waals surface area (Å²) in [7, 11) is 5.83. The van der Waals surface area contributed by atoms with Crippen LogP contribution in [0.3, 0.4) is 0 Å². The van der Waals surface area contributed by atoms with Gasteiger partial charge in [-0.25, -0.2) is 4.79 Å². The summed E-state index contributed by atoms with van der Waals surface area (Å²) in [5, 5.41) is 3.17. The molecule has 5 heteroatoms. The van der Waals surface area contributed by atoms with Crippen LogP contribution in [0.1, 0.15) is 31.4 Å². The van der Waals surface area contributed by atoms with Crippen molar-refractivity contribution in [3.05, 3.63) is 35.9 Å². The van der Waals surface area contributed by atoms with Crippen molar-refractivity contribution in [3.63, 3.8) is 0 Å². The molecule has 0 aromatic heterocycles. The van der Waals surface area contributed by atoms with Crippen LogP contribution in [0.15, 0.2) is 30.3 Å². The number of benzene rings is 1. The number of ether oxygens (including phenoxy) is 1. The normalized spacial score (nSPS) is 18.7. The fourth-order valence-corrected chi connectivity index (χ4v) is 3.34. The average Bonchev–Trinajstić information content (AvgIpc) is 2.55. The molecule has 1 aromatic rings. The lowest BCUT2D eigenvalue weighted by molar-refractivity contribution is 0.0496. The highest BCUT2D eigenvalue weighted by molar-refractivity contribution is 5.74. The Morgan fingerprint density at radius 1 is 1.26 bits per heavy atom. The summed E-state index contributed by atoms with van der Waals surface area (Å²) >= 11 is 0. The third-order valence-corrected chi connectivity index (χ3v) is 4.58. The fraction of sp³-hybridized carbons (Fsp3) is 0.611. The lowest BCUT2D eigenvalue weighted by Gasteiger charge is -2.35. The number of likely N-dealkylation sites (tertiary alicyclic amines) is 1. The third-order valence-electron chi connectivity index (χ3n) is 4.58. The first kappa shape index (κ1) is 17.8. The van der Waals surface area contributed by atoms with E-state index in [4.69, 9.17) is 4.74 Å². The van der Waals surface area contributed by atoms with Crippen molar-refractivity contribution in [2.75, 3.05) is 34.3 Å². The molecule has 0 unspecified atom stereocenters. The maximum atomic E-state index is 12.5. The van der Waals surface area contributed by atoms with E-state index in [1.54, 1.807) is 7.11 Å². The second kappa shape index (κ2) is 8.31. The molecule has 1 fully saturated rings. The minimum atomic E-state index is 0.0230. The second-order valence-corrected chi connectivity index (χ2v) is 6.48. The van der Waals surface area contributed by atoms with Crippen molar-refractivity contribution >= 4 is 6.03 Å². The average molecular weight is 319 g/mol. The van der Waals surface area contributed by atoms with E-state index in [2.05, 4.69) is 29.3 Å². The topological polar surface area (TPSA) is 44.8 Å². The number of nitrogens with one attached hydrogen (secondary N) is 1. The molecular formula is C18H29N3O2. The number of methoxy groups -OCH3 is 1. The van der Waals surface area contributed by atoms with Crippen LogP contribution in [0.25, 0.3) is 0 Å². The van der Waals surface area contributed by atoms with Gasteiger partial charge in [0.25, 0.3) is 0 Å². The van der Waals surface area contributed by atoms with Gasteiger partial charge in [-0.1, -0.05) is 30.3 Å². The molecule has 5 nitrogen and oxygen atoms in total. The fourth-order valence-electron chi connectivity index (χ4n) is 3.34. The van der Waals surface area contributed by atoms with E-state index in [1.807, 2.05) is 37.2 Å². The number of carbonyl (C=O) groups is 1. The van der Waals surface area contributed by atoms with Gasteiger partial charge in [0.1, 0.15) is 0 Å². The predicted octanol–water partition coefficient (Wildman–Crippen LogP) is 2.50. The van der Waals surface area contributed by atoms with Crippen molar-refractivity contribution in [1.82, 2.24) is 15.1 Å². The smallest absolute Gasteiger partial charge is 0.317 e. The molecule has 0 saturated carbocycles. The molecule has 1 aliphatic rings. The van der Waals surface area contributed by atoms with E-state index in [0.717, 1.165) is 25.9 Å². The van der Waals surface area contributed by atoms with Gasteiger partial charge in [-0.15, -0.1) is 0 Å². The van der Waals surface area contributed by atoms with E-state index >= 15 is 0 Å². The Kier molecular flexibility index (Phi) is 6.42. The van der Waals surface area contributed by atoms with Gasteiger partial charge in [0.2, 0.25) is 0 Å². The van der Waals surface area contributed by atoms with Gasteiger partial charge in [0.05, 0.1) is 12.1 Å². The molecule has 0 bridgehead atoms. The zero-order valence-corrected chi connectivity index (χ0v) is 14.7. The Morgan fingerprint density at radius 2 is 1.87 bits per heavy atom. The maximum absolute atomic E-state index is 12.5. The molecule has 2 amide bonds. The highest BCUT2D eigenvalue weighted by Crippen LogP contribution is 2.22. The largest absolute Gasteiger partial charge is 0.381 e. The number of likely N-dealkylation sites (N-methyl/N-ethyl adjacent to an activating group) is 1. The van der Waals surface area contributed by atoms with E-state index in [1.165, 1.54) is 5.56 Å². The highest BCUT2D eigenvalue weighted by Gasteiger charge is 2.27. The van der Waals surface area contributed by atoms with Gasteiger partial charge < -0.3 is 19.9 Å². The van der Waals surface area contributed by atoms with Crippen LogP contribution in [0.4, 0.5) is 4.79 Å². The molecule has 2 rings (SSSR count). The molecular weight excluding hydrogens is 290 g/mol. The summed E-state index contributed by atoms with van der Waals surface area (Å²) in [4.78, 5) is 16.6. The number of carbonyl (C=O) groups excluding carboxylic acids is 1. The van der Waals surface area contributed by atoms with Crippen LogP contribution in [0.2, 0.25) is 0 Å².